The normalized spacial score (nSPS) is 10.4. The number of aryl methyl sites for hydroxylation is 1. The summed E-state index contributed by atoms with van der Waals surface area (Å²) in [6, 6.07) is 0. The van der Waals surface area contributed by atoms with E-state index < -0.39 is 6.67 Å². The van der Waals surface area contributed by atoms with Crippen molar-refractivity contribution in [3.8, 4) is 0 Å². The van der Waals surface area contributed by atoms with Crippen molar-refractivity contribution in [3.05, 3.63) is 26.3 Å². The van der Waals surface area contributed by atoms with E-state index in [2.05, 4.69) is 20.9 Å². The minimum Gasteiger partial charge on any atom is -0.298 e. The number of nitrogens with zero attached hydrogens (tertiary/aromatic N) is 2. The molecule has 0 aromatic carbocycles. The second kappa shape index (κ2) is 4.72. The zero-order valence-corrected chi connectivity index (χ0v) is 8.98. The Hall–Kier alpha value is -0.420. The molecular weight excluding hydrogens is 262 g/mol. The first-order valence-corrected chi connectivity index (χ1v) is 4.80. The molecule has 0 atom stereocenters. The zero-order chi connectivity index (χ0) is 9.84. The van der Waals surface area contributed by atoms with E-state index in [-0.39, 0.29) is 15.2 Å². The van der Waals surface area contributed by atoms with Gasteiger partial charge in [-0.2, -0.15) is 0 Å². The molecule has 0 amide bonds. The summed E-state index contributed by atoms with van der Waals surface area (Å²) in [5.41, 5.74) is -0.284. The molecule has 13 heavy (non-hydrogen) atoms. The maximum atomic E-state index is 11.8. The van der Waals surface area contributed by atoms with Crippen LogP contribution in [0.1, 0.15) is 6.42 Å². The van der Waals surface area contributed by atoms with E-state index in [0.717, 1.165) is 0 Å². The molecule has 1 aromatic heterocycles. The highest BCUT2D eigenvalue weighted by Crippen LogP contribution is 2.13. The van der Waals surface area contributed by atoms with Crippen molar-refractivity contribution < 1.29 is 4.39 Å². The van der Waals surface area contributed by atoms with Gasteiger partial charge in [-0.25, -0.2) is 4.98 Å². The molecule has 0 bridgehead atoms. The van der Waals surface area contributed by atoms with Crippen molar-refractivity contribution >= 4 is 27.5 Å². The number of hydrogen-bond acceptors (Lipinski definition) is 2. The SMILES string of the molecule is O=c1c(Br)c(Cl)ncn1CCCF. The van der Waals surface area contributed by atoms with Crippen LogP contribution in [0.5, 0.6) is 0 Å². The number of halogens is 3. The Bertz CT molecular complexity index is 355. The quantitative estimate of drug-likeness (QED) is 0.787. The van der Waals surface area contributed by atoms with Crippen LogP contribution < -0.4 is 5.56 Å². The van der Waals surface area contributed by atoms with Crippen molar-refractivity contribution in [1.82, 2.24) is 9.55 Å². The summed E-state index contributed by atoms with van der Waals surface area (Å²) in [4.78, 5) is 15.1. The molecule has 6 heteroatoms. The van der Waals surface area contributed by atoms with Crippen LogP contribution in [-0.2, 0) is 6.54 Å². The van der Waals surface area contributed by atoms with Gasteiger partial charge in [-0.05, 0) is 22.4 Å². The van der Waals surface area contributed by atoms with Crippen molar-refractivity contribution in [2.45, 2.75) is 13.0 Å². The van der Waals surface area contributed by atoms with Gasteiger partial charge in [0.2, 0.25) is 0 Å². The first kappa shape index (κ1) is 10.7. The lowest BCUT2D eigenvalue weighted by molar-refractivity contribution is 0.441. The molecule has 0 aliphatic carbocycles. The van der Waals surface area contributed by atoms with E-state index >= 15 is 0 Å². The fourth-order valence-electron chi connectivity index (χ4n) is 0.833. The Kier molecular flexibility index (Phi) is 3.87. The zero-order valence-electron chi connectivity index (χ0n) is 6.64. The highest BCUT2D eigenvalue weighted by atomic mass is 79.9. The molecule has 1 heterocycles. The van der Waals surface area contributed by atoms with Gasteiger partial charge in [-0.3, -0.25) is 13.8 Å². The van der Waals surface area contributed by atoms with Crippen LogP contribution in [0.25, 0.3) is 0 Å². The van der Waals surface area contributed by atoms with Gasteiger partial charge in [0.1, 0.15) is 4.47 Å². The molecule has 1 rings (SSSR count). The van der Waals surface area contributed by atoms with Crippen LogP contribution in [0.2, 0.25) is 5.15 Å². The lowest BCUT2D eigenvalue weighted by atomic mass is 10.4. The molecule has 0 spiro atoms. The van der Waals surface area contributed by atoms with Gasteiger partial charge in [0.25, 0.3) is 5.56 Å². The van der Waals surface area contributed by atoms with Crippen molar-refractivity contribution in [3.63, 3.8) is 0 Å². The summed E-state index contributed by atoms with van der Waals surface area (Å²) < 4.78 is 13.3. The van der Waals surface area contributed by atoms with Gasteiger partial charge in [0.05, 0.1) is 13.0 Å². The Morgan fingerprint density at radius 1 is 1.69 bits per heavy atom. The Balaban J connectivity index is 2.97. The summed E-state index contributed by atoms with van der Waals surface area (Å²) in [6.45, 7) is -0.134. The largest absolute Gasteiger partial charge is 0.298 e. The Morgan fingerprint density at radius 3 is 3.00 bits per heavy atom. The fraction of sp³-hybridized carbons (Fsp3) is 0.429. The monoisotopic (exact) mass is 268 g/mol. The molecule has 0 N–H and O–H groups in total. The van der Waals surface area contributed by atoms with Gasteiger partial charge in [0.15, 0.2) is 5.15 Å². The highest BCUT2D eigenvalue weighted by molar-refractivity contribution is 9.10. The number of rotatable bonds is 3. The smallest absolute Gasteiger partial charge is 0.269 e. The van der Waals surface area contributed by atoms with Gasteiger partial charge >= 0.3 is 0 Å². The first-order chi connectivity index (χ1) is 6.16. The number of alkyl halides is 1. The predicted octanol–water partition coefficient (Wildman–Crippen LogP) is 2.02. The third kappa shape index (κ3) is 2.51. The topological polar surface area (TPSA) is 34.9 Å². The Morgan fingerprint density at radius 2 is 2.38 bits per heavy atom. The van der Waals surface area contributed by atoms with Crippen molar-refractivity contribution in [2.24, 2.45) is 0 Å². The molecule has 1 aromatic rings. The van der Waals surface area contributed by atoms with E-state index in [1.165, 1.54) is 10.9 Å². The van der Waals surface area contributed by atoms with Crippen LogP contribution in [0.15, 0.2) is 15.6 Å². The molecular formula is C7H7BrClFN2O. The fourth-order valence-corrected chi connectivity index (χ4v) is 1.29. The van der Waals surface area contributed by atoms with Crippen molar-refractivity contribution in [1.29, 1.82) is 0 Å². The average molecular weight is 270 g/mol. The summed E-state index contributed by atoms with van der Waals surface area (Å²) in [5, 5.41) is 0.126. The van der Waals surface area contributed by atoms with E-state index in [4.69, 9.17) is 11.6 Å². The third-order valence-electron chi connectivity index (χ3n) is 1.47. The average Bonchev–Trinajstić information content (AvgIpc) is 2.13. The van der Waals surface area contributed by atoms with Gasteiger partial charge in [0, 0.05) is 6.54 Å². The van der Waals surface area contributed by atoms with Gasteiger partial charge < -0.3 is 0 Å². The minimum atomic E-state index is -0.452. The summed E-state index contributed by atoms with van der Waals surface area (Å²) >= 11 is 8.57. The standard InChI is InChI=1S/C7H7BrClFN2O/c8-5-6(9)11-4-12(7(5)13)3-1-2-10/h4H,1-3H2. The van der Waals surface area contributed by atoms with Crippen LogP contribution >= 0.6 is 27.5 Å². The molecule has 0 saturated carbocycles. The second-order valence-electron chi connectivity index (χ2n) is 2.39. The summed E-state index contributed by atoms with van der Waals surface area (Å²) in [7, 11) is 0. The van der Waals surface area contributed by atoms with Gasteiger partial charge in [-0.1, -0.05) is 11.6 Å². The molecule has 0 aliphatic rings. The lowest BCUT2D eigenvalue weighted by Crippen LogP contribution is -2.21. The molecule has 3 nitrogen and oxygen atoms in total. The first-order valence-electron chi connectivity index (χ1n) is 3.63. The number of aromatic nitrogens is 2. The minimum absolute atomic E-state index is 0.126. The van der Waals surface area contributed by atoms with E-state index in [1.807, 2.05) is 0 Å². The third-order valence-corrected chi connectivity index (χ3v) is 2.70. The summed E-state index contributed by atoms with van der Waals surface area (Å²) in [6.07, 6.45) is 1.61. The van der Waals surface area contributed by atoms with Crippen LogP contribution in [0.3, 0.4) is 0 Å². The predicted molar refractivity (Wildman–Crippen MR) is 51.8 cm³/mol. The summed E-state index contributed by atoms with van der Waals surface area (Å²) in [5.74, 6) is 0. The molecule has 0 saturated heterocycles. The van der Waals surface area contributed by atoms with Crippen LogP contribution in [0, 0.1) is 0 Å². The van der Waals surface area contributed by atoms with Crippen LogP contribution in [0.4, 0.5) is 4.39 Å². The Labute approximate surface area is 87.7 Å². The highest BCUT2D eigenvalue weighted by Gasteiger charge is 2.05. The van der Waals surface area contributed by atoms with E-state index in [1.54, 1.807) is 0 Å². The molecule has 0 aliphatic heterocycles. The van der Waals surface area contributed by atoms with Crippen molar-refractivity contribution in [2.75, 3.05) is 6.67 Å². The number of hydrogen-bond donors (Lipinski definition) is 0. The second-order valence-corrected chi connectivity index (χ2v) is 3.54. The van der Waals surface area contributed by atoms with Gasteiger partial charge in [-0.15, -0.1) is 0 Å². The van der Waals surface area contributed by atoms with E-state index in [9.17, 15) is 9.18 Å². The molecule has 0 fully saturated rings. The molecule has 0 unspecified atom stereocenters. The molecule has 72 valence electrons. The maximum Gasteiger partial charge on any atom is 0.269 e. The van der Waals surface area contributed by atoms with E-state index in [0.29, 0.717) is 13.0 Å². The maximum absolute atomic E-state index is 11.8. The molecule has 0 radical (unpaired) electrons. The lowest BCUT2D eigenvalue weighted by Gasteiger charge is -2.03. The van der Waals surface area contributed by atoms with Crippen LogP contribution in [-0.4, -0.2) is 16.2 Å².